The van der Waals surface area contributed by atoms with E-state index in [1.807, 2.05) is 32.0 Å². The van der Waals surface area contributed by atoms with E-state index >= 15 is 0 Å². The highest BCUT2D eigenvalue weighted by atomic mass is 32.2. The maximum absolute atomic E-state index is 13.0. The van der Waals surface area contributed by atoms with Crippen molar-refractivity contribution in [1.82, 2.24) is 4.90 Å². The molecule has 1 saturated heterocycles. The van der Waals surface area contributed by atoms with E-state index in [4.69, 9.17) is 0 Å². The molecule has 9 heteroatoms. The summed E-state index contributed by atoms with van der Waals surface area (Å²) in [4.78, 5) is 28.1. The Hall–Kier alpha value is -2.52. The maximum Gasteiger partial charge on any atom is 0.261 e. The van der Waals surface area contributed by atoms with E-state index in [2.05, 4.69) is 17.0 Å². The van der Waals surface area contributed by atoms with Crippen molar-refractivity contribution in [1.29, 1.82) is 0 Å². The minimum absolute atomic E-state index is 0.0506. The first-order chi connectivity index (χ1) is 15.2. The van der Waals surface area contributed by atoms with Crippen LogP contribution in [0.2, 0.25) is 0 Å². The second-order valence-electron chi connectivity index (χ2n) is 8.53. The normalized spacial score (nSPS) is 19.3. The number of hydrogen-bond donors (Lipinski definition) is 2. The van der Waals surface area contributed by atoms with Gasteiger partial charge in [-0.1, -0.05) is 25.1 Å². The molecule has 2 aliphatic heterocycles. The first kappa shape index (κ1) is 22.7. The van der Waals surface area contributed by atoms with Crippen LogP contribution in [0.3, 0.4) is 0 Å². The summed E-state index contributed by atoms with van der Waals surface area (Å²) in [5.74, 6) is -0.00753. The lowest BCUT2D eigenvalue weighted by Gasteiger charge is -2.33. The molecule has 4 rings (SSSR count). The van der Waals surface area contributed by atoms with Gasteiger partial charge in [0.15, 0.2) is 5.25 Å². The van der Waals surface area contributed by atoms with E-state index in [1.165, 1.54) is 23.9 Å². The second-order valence-corrected chi connectivity index (χ2v) is 11.4. The van der Waals surface area contributed by atoms with Crippen LogP contribution in [0, 0.1) is 19.8 Å². The fourth-order valence-corrected chi connectivity index (χ4v) is 6.26. The summed E-state index contributed by atoms with van der Waals surface area (Å²) < 4.78 is 28.6. The monoisotopic (exact) mass is 473 g/mol. The molecule has 7 nitrogen and oxygen atoms in total. The van der Waals surface area contributed by atoms with Crippen LogP contribution in [0.5, 0.6) is 0 Å². The molecule has 1 fully saturated rings. The molecule has 2 amide bonds. The standard InChI is InChI=1S/C23H27N3O4S2/c1-14-9-11-26(12-10-14)23(28)21-22(27)24-18-13-17(7-8-19(18)31-21)32(29,30)25-20-15(2)5-4-6-16(20)3/h4-8,13-14,21,25H,9-12H2,1-3H3,(H,24,27)/t21-/m0/s1. The Morgan fingerprint density at radius 2 is 1.78 bits per heavy atom. The number of anilines is 2. The van der Waals surface area contributed by atoms with Crippen LogP contribution in [-0.2, 0) is 19.6 Å². The van der Waals surface area contributed by atoms with Gasteiger partial charge in [0.05, 0.1) is 16.3 Å². The molecule has 2 aromatic carbocycles. The van der Waals surface area contributed by atoms with Crippen molar-refractivity contribution in [3.63, 3.8) is 0 Å². The van der Waals surface area contributed by atoms with E-state index in [9.17, 15) is 18.0 Å². The number of sulfonamides is 1. The smallest absolute Gasteiger partial charge is 0.261 e. The molecule has 0 aliphatic carbocycles. The van der Waals surface area contributed by atoms with Crippen molar-refractivity contribution < 1.29 is 18.0 Å². The van der Waals surface area contributed by atoms with Gasteiger partial charge in [0.1, 0.15) is 0 Å². The summed E-state index contributed by atoms with van der Waals surface area (Å²) >= 11 is 1.18. The lowest BCUT2D eigenvalue weighted by molar-refractivity contribution is -0.135. The summed E-state index contributed by atoms with van der Waals surface area (Å²) in [6.07, 6.45) is 1.88. The van der Waals surface area contributed by atoms with E-state index in [1.54, 1.807) is 11.0 Å². The summed E-state index contributed by atoms with van der Waals surface area (Å²) in [5, 5.41) is 1.88. The number of carbonyl (C=O) groups excluding carboxylic acids is 2. The fourth-order valence-electron chi connectivity index (χ4n) is 3.98. The summed E-state index contributed by atoms with van der Waals surface area (Å²) in [6.45, 7) is 7.18. The molecule has 0 unspecified atom stereocenters. The lowest BCUT2D eigenvalue weighted by atomic mass is 9.99. The topological polar surface area (TPSA) is 95.6 Å². The number of amides is 2. The van der Waals surface area contributed by atoms with Crippen molar-refractivity contribution in [3.8, 4) is 0 Å². The molecule has 32 heavy (non-hydrogen) atoms. The number of likely N-dealkylation sites (tertiary alicyclic amines) is 1. The van der Waals surface area contributed by atoms with Gasteiger partial charge in [-0.05, 0) is 61.9 Å². The van der Waals surface area contributed by atoms with Gasteiger partial charge < -0.3 is 10.2 Å². The second kappa shape index (κ2) is 8.78. The Kier molecular flexibility index (Phi) is 6.22. The number of benzene rings is 2. The minimum atomic E-state index is -3.85. The summed E-state index contributed by atoms with van der Waals surface area (Å²) in [5.41, 5.74) is 2.60. The molecule has 2 aliphatic rings. The summed E-state index contributed by atoms with van der Waals surface area (Å²) in [7, 11) is -3.85. The summed E-state index contributed by atoms with van der Waals surface area (Å²) in [6, 6.07) is 10.2. The predicted molar refractivity (Wildman–Crippen MR) is 126 cm³/mol. The zero-order valence-corrected chi connectivity index (χ0v) is 20.0. The predicted octanol–water partition coefficient (Wildman–Crippen LogP) is 3.78. The molecule has 1 atom stereocenters. The van der Waals surface area contributed by atoms with Gasteiger partial charge in [0, 0.05) is 18.0 Å². The van der Waals surface area contributed by atoms with E-state index in [-0.39, 0.29) is 10.8 Å². The molecule has 0 aromatic heterocycles. The number of para-hydroxylation sites is 1. The van der Waals surface area contributed by atoms with Crippen molar-refractivity contribution >= 4 is 45.0 Å². The van der Waals surface area contributed by atoms with Gasteiger partial charge in [0.25, 0.3) is 10.0 Å². The third-order valence-corrected chi connectivity index (χ3v) is 8.65. The largest absolute Gasteiger partial charge is 0.341 e. The number of carbonyl (C=O) groups is 2. The van der Waals surface area contributed by atoms with Gasteiger partial charge in [0.2, 0.25) is 11.8 Å². The number of hydrogen-bond acceptors (Lipinski definition) is 5. The Bertz CT molecular complexity index is 1150. The average molecular weight is 474 g/mol. The highest BCUT2D eigenvalue weighted by Gasteiger charge is 2.37. The fraction of sp³-hybridized carbons (Fsp3) is 0.391. The minimum Gasteiger partial charge on any atom is -0.341 e. The molecule has 0 bridgehead atoms. The molecule has 0 saturated carbocycles. The van der Waals surface area contributed by atoms with Gasteiger partial charge >= 0.3 is 0 Å². The number of fused-ring (bicyclic) bond motifs is 1. The Labute approximate surface area is 193 Å². The number of nitrogens with one attached hydrogen (secondary N) is 2. The van der Waals surface area contributed by atoms with Crippen LogP contribution < -0.4 is 10.0 Å². The molecular weight excluding hydrogens is 446 g/mol. The quantitative estimate of drug-likeness (QED) is 0.659. The van der Waals surface area contributed by atoms with Gasteiger partial charge in [-0.2, -0.15) is 0 Å². The SMILES string of the molecule is Cc1cccc(C)c1NS(=O)(=O)c1ccc2c(c1)NC(=O)[C@@H](C(=O)N1CCC(C)CC1)S2. The van der Waals surface area contributed by atoms with Crippen LogP contribution >= 0.6 is 11.8 Å². The third-order valence-electron chi connectivity index (χ3n) is 6.04. The molecule has 2 aromatic rings. The van der Waals surface area contributed by atoms with Gasteiger partial charge in [-0.3, -0.25) is 14.3 Å². The third kappa shape index (κ3) is 4.49. The Morgan fingerprint density at radius 1 is 1.12 bits per heavy atom. The number of thioether (sulfide) groups is 1. The first-order valence-electron chi connectivity index (χ1n) is 10.6. The highest BCUT2D eigenvalue weighted by Crippen LogP contribution is 2.38. The average Bonchev–Trinajstić information content (AvgIpc) is 2.75. The van der Waals surface area contributed by atoms with Crippen molar-refractivity contribution in [2.24, 2.45) is 5.92 Å². The number of aryl methyl sites for hydroxylation is 2. The van der Waals surface area contributed by atoms with E-state index in [0.717, 1.165) is 24.0 Å². The van der Waals surface area contributed by atoms with Crippen molar-refractivity contribution in [3.05, 3.63) is 47.5 Å². The Morgan fingerprint density at radius 3 is 2.44 bits per heavy atom. The van der Waals surface area contributed by atoms with E-state index < -0.39 is 21.2 Å². The van der Waals surface area contributed by atoms with Crippen LogP contribution in [0.4, 0.5) is 11.4 Å². The van der Waals surface area contributed by atoms with Gasteiger partial charge in [-0.15, -0.1) is 11.8 Å². The molecule has 2 N–H and O–H groups in total. The van der Waals surface area contributed by atoms with Crippen molar-refractivity contribution in [2.45, 2.75) is 48.7 Å². The molecule has 0 spiro atoms. The van der Waals surface area contributed by atoms with Crippen LogP contribution in [0.1, 0.15) is 30.9 Å². The Balaban J connectivity index is 1.54. The molecular formula is C23H27N3O4S2. The van der Waals surface area contributed by atoms with Crippen LogP contribution in [0.15, 0.2) is 46.2 Å². The lowest BCUT2D eigenvalue weighted by Crippen LogP contribution is -2.47. The van der Waals surface area contributed by atoms with Gasteiger partial charge in [-0.25, -0.2) is 8.42 Å². The number of piperidine rings is 1. The van der Waals surface area contributed by atoms with Crippen LogP contribution in [0.25, 0.3) is 0 Å². The number of rotatable bonds is 4. The highest BCUT2D eigenvalue weighted by molar-refractivity contribution is 8.01. The zero-order valence-electron chi connectivity index (χ0n) is 18.3. The van der Waals surface area contributed by atoms with Crippen LogP contribution in [-0.4, -0.2) is 43.5 Å². The number of nitrogens with zero attached hydrogens (tertiary/aromatic N) is 1. The maximum atomic E-state index is 13.0. The van der Waals surface area contributed by atoms with Crippen molar-refractivity contribution in [2.75, 3.05) is 23.1 Å². The van der Waals surface area contributed by atoms with E-state index in [0.29, 0.717) is 35.3 Å². The molecule has 0 radical (unpaired) electrons. The first-order valence-corrected chi connectivity index (χ1v) is 13.0. The molecule has 170 valence electrons. The zero-order chi connectivity index (χ0) is 23.0. The molecule has 2 heterocycles.